The number of esters is 1. The van der Waals surface area contributed by atoms with Crippen molar-refractivity contribution in [3.63, 3.8) is 0 Å². The number of hydrogen-bond donors (Lipinski definition) is 2. The molecule has 0 bridgehead atoms. The summed E-state index contributed by atoms with van der Waals surface area (Å²) in [6.45, 7) is 0. The van der Waals surface area contributed by atoms with Gasteiger partial charge in [-0.3, -0.25) is 9.52 Å². The predicted molar refractivity (Wildman–Crippen MR) is 102 cm³/mol. The van der Waals surface area contributed by atoms with E-state index in [4.69, 9.17) is 0 Å². The zero-order valence-corrected chi connectivity index (χ0v) is 16.4. The smallest absolute Gasteiger partial charge is 0.341 e. The van der Waals surface area contributed by atoms with Crippen molar-refractivity contribution < 1.29 is 27.9 Å². The fourth-order valence-electron chi connectivity index (χ4n) is 1.95. The van der Waals surface area contributed by atoms with Crippen LogP contribution in [0.25, 0.3) is 0 Å². The molecule has 0 radical (unpaired) electrons. The van der Waals surface area contributed by atoms with Crippen LogP contribution in [0.4, 0.5) is 10.5 Å². The zero-order chi connectivity index (χ0) is 20.2. The summed E-state index contributed by atoms with van der Waals surface area (Å²) in [6.07, 6.45) is 0. The van der Waals surface area contributed by atoms with Crippen molar-refractivity contribution in [3.8, 4) is 5.75 Å². The second kappa shape index (κ2) is 8.31. The normalized spacial score (nSPS) is 10.9. The Morgan fingerprint density at radius 3 is 2.30 bits per heavy atom. The van der Waals surface area contributed by atoms with Gasteiger partial charge in [0.2, 0.25) is 0 Å². The predicted octanol–water partition coefficient (Wildman–Crippen LogP) is 2.75. The Hall–Kier alpha value is -2.72. The molecule has 0 aliphatic heterocycles. The number of ether oxygens (including phenoxy) is 1. The number of anilines is 1. The molecule has 144 valence electrons. The first-order valence-electron chi connectivity index (χ1n) is 7.57. The van der Waals surface area contributed by atoms with Crippen LogP contribution in [-0.2, 0) is 14.8 Å². The van der Waals surface area contributed by atoms with E-state index >= 15 is 0 Å². The summed E-state index contributed by atoms with van der Waals surface area (Å²) in [5.41, 5.74) is 0.0265. The maximum absolute atomic E-state index is 12.5. The fraction of sp³-hybridized carbons (Fsp3) is 0.176. The highest BCUT2D eigenvalue weighted by atomic mass is 32.2. The molecule has 0 aliphatic rings. The third kappa shape index (κ3) is 5.14. The Bertz CT molecular complexity index is 956. The van der Waals surface area contributed by atoms with Crippen molar-refractivity contribution in [2.45, 2.75) is 9.79 Å². The van der Waals surface area contributed by atoms with Gasteiger partial charge in [0.25, 0.3) is 15.3 Å². The van der Waals surface area contributed by atoms with Crippen LogP contribution < -0.4 is 4.72 Å². The van der Waals surface area contributed by atoms with Gasteiger partial charge in [0.1, 0.15) is 11.3 Å². The van der Waals surface area contributed by atoms with E-state index in [9.17, 15) is 23.1 Å². The first-order valence-corrected chi connectivity index (χ1v) is 9.87. The van der Waals surface area contributed by atoms with Gasteiger partial charge in [0.05, 0.1) is 12.0 Å². The Morgan fingerprint density at radius 2 is 1.74 bits per heavy atom. The molecular formula is C17H18N2O6S2. The molecule has 8 nitrogen and oxygen atoms in total. The number of hydrogen-bond acceptors (Lipinski definition) is 7. The number of sulfonamides is 1. The number of benzene rings is 2. The number of phenolic OH excluding ortho intramolecular Hbond substituents is 1. The maximum atomic E-state index is 12.5. The van der Waals surface area contributed by atoms with Crippen molar-refractivity contribution in [2.75, 3.05) is 25.9 Å². The van der Waals surface area contributed by atoms with Crippen LogP contribution >= 0.6 is 11.8 Å². The average molecular weight is 410 g/mol. The number of nitrogens with zero attached hydrogens (tertiary/aromatic N) is 1. The summed E-state index contributed by atoms with van der Waals surface area (Å²) in [7, 11) is 0.406. The zero-order valence-electron chi connectivity index (χ0n) is 14.8. The van der Waals surface area contributed by atoms with E-state index < -0.39 is 16.0 Å². The van der Waals surface area contributed by atoms with Crippen molar-refractivity contribution in [2.24, 2.45) is 0 Å². The van der Waals surface area contributed by atoms with Gasteiger partial charge >= 0.3 is 5.97 Å². The number of thioether (sulfide) groups is 1. The minimum Gasteiger partial charge on any atom is -0.507 e. The molecule has 0 atom stereocenters. The molecule has 0 heterocycles. The number of carbonyl (C=O) groups excluding carboxylic acids is 2. The number of phenols is 1. The second-order valence-corrected chi connectivity index (χ2v) is 8.27. The van der Waals surface area contributed by atoms with Crippen LogP contribution in [-0.4, -0.2) is 50.8 Å². The quantitative estimate of drug-likeness (QED) is 0.575. The van der Waals surface area contributed by atoms with Crippen LogP contribution in [0.15, 0.2) is 52.3 Å². The molecular weight excluding hydrogens is 392 g/mol. The summed E-state index contributed by atoms with van der Waals surface area (Å²) in [4.78, 5) is 25.2. The molecule has 2 rings (SSSR count). The monoisotopic (exact) mass is 410 g/mol. The number of carbonyl (C=O) groups is 2. The van der Waals surface area contributed by atoms with Crippen LogP contribution in [0.1, 0.15) is 10.4 Å². The largest absolute Gasteiger partial charge is 0.507 e. The minimum atomic E-state index is -3.99. The Balaban J connectivity index is 2.21. The van der Waals surface area contributed by atoms with Crippen LogP contribution in [0.2, 0.25) is 0 Å². The fourth-order valence-corrected chi connectivity index (χ4v) is 3.69. The summed E-state index contributed by atoms with van der Waals surface area (Å²) >= 11 is 1.01. The molecule has 0 saturated carbocycles. The third-order valence-electron chi connectivity index (χ3n) is 3.36. The third-order valence-corrected chi connectivity index (χ3v) is 5.79. The number of nitrogens with one attached hydrogen (secondary N) is 1. The highest BCUT2D eigenvalue weighted by Crippen LogP contribution is 2.26. The van der Waals surface area contributed by atoms with Gasteiger partial charge in [-0.05, 0) is 54.2 Å². The second-order valence-electron chi connectivity index (χ2n) is 5.56. The van der Waals surface area contributed by atoms with Gasteiger partial charge < -0.3 is 14.7 Å². The van der Waals surface area contributed by atoms with Crippen molar-refractivity contribution in [1.82, 2.24) is 4.90 Å². The van der Waals surface area contributed by atoms with E-state index in [1.54, 1.807) is 26.2 Å². The maximum Gasteiger partial charge on any atom is 0.341 e. The van der Waals surface area contributed by atoms with Crippen LogP contribution in [0, 0.1) is 0 Å². The highest BCUT2D eigenvalue weighted by molar-refractivity contribution is 8.13. The Morgan fingerprint density at radius 1 is 1.11 bits per heavy atom. The first kappa shape index (κ1) is 20.6. The standard InChI is InChI=1S/C17H18N2O6S2/c1-19(2)17(22)26-12-6-4-11(5-7-12)18-27(23,24)13-8-9-15(20)14(10-13)16(21)25-3/h4-10,18,20H,1-3H3. The average Bonchev–Trinajstić information content (AvgIpc) is 2.62. The first-order chi connectivity index (χ1) is 12.6. The van der Waals surface area contributed by atoms with E-state index in [1.807, 2.05) is 0 Å². The molecule has 27 heavy (non-hydrogen) atoms. The summed E-state index contributed by atoms with van der Waals surface area (Å²) in [6, 6.07) is 9.57. The highest BCUT2D eigenvalue weighted by Gasteiger charge is 2.20. The number of aromatic hydroxyl groups is 1. The lowest BCUT2D eigenvalue weighted by atomic mass is 10.2. The molecule has 0 unspecified atom stereocenters. The SMILES string of the molecule is COC(=O)c1cc(S(=O)(=O)Nc2ccc(SC(=O)N(C)C)cc2)ccc1O. The van der Waals surface area contributed by atoms with Crippen LogP contribution in [0.3, 0.4) is 0 Å². The Kier molecular flexibility index (Phi) is 6.34. The van der Waals surface area contributed by atoms with Gasteiger partial charge in [0, 0.05) is 24.7 Å². The molecule has 0 spiro atoms. The van der Waals surface area contributed by atoms with E-state index in [0.717, 1.165) is 31.0 Å². The molecule has 2 aromatic carbocycles. The Labute approximate surface area is 161 Å². The minimum absolute atomic E-state index is 0.150. The molecule has 10 heteroatoms. The molecule has 0 aromatic heterocycles. The lowest BCUT2D eigenvalue weighted by Crippen LogP contribution is -2.16. The summed E-state index contributed by atoms with van der Waals surface area (Å²) < 4.78 is 31.9. The molecule has 1 amide bonds. The van der Waals surface area contributed by atoms with E-state index in [-0.39, 0.29) is 27.1 Å². The molecule has 2 aromatic rings. The van der Waals surface area contributed by atoms with Gasteiger partial charge in [-0.1, -0.05) is 0 Å². The van der Waals surface area contributed by atoms with Crippen LogP contribution in [0.5, 0.6) is 5.75 Å². The topological polar surface area (TPSA) is 113 Å². The van der Waals surface area contributed by atoms with E-state index in [0.29, 0.717) is 4.90 Å². The number of methoxy groups -OCH3 is 1. The number of rotatable bonds is 5. The lowest BCUT2D eigenvalue weighted by Gasteiger charge is -2.11. The van der Waals surface area contributed by atoms with Gasteiger partial charge in [0.15, 0.2) is 0 Å². The molecule has 2 N–H and O–H groups in total. The van der Waals surface area contributed by atoms with Gasteiger partial charge in [-0.25, -0.2) is 13.2 Å². The lowest BCUT2D eigenvalue weighted by molar-refractivity contribution is 0.0597. The molecule has 0 fully saturated rings. The van der Waals surface area contributed by atoms with Gasteiger partial charge in [-0.15, -0.1) is 0 Å². The number of amides is 1. The van der Waals surface area contributed by atoms with Gasteiger partial charge in [-0.2, -0.15) is 0 Å². The summed E-state index contributed by atoms with van der Waals surface area (Å²) in [5.74, 6) is -1.23. The molecule has 0 aliphatic carbocycles. The van der Waals surface area contributed by atoms with Crippen molar-refractivity contribution in [3.05, 3.63) is 48.0 Å². The van der Waals surface area contributed by atoms with E-state index in [2.05, 4.69) is 9.46 Å². The summed E-state index contributed by atoms with van der Waals surface area (Å²) in [5, 5.41) is 9.53. The molecule has 0 saturated heterocycles. The van der Waals surface area contributed by atoms with E-state index in [1.165, 1.54) is 23.1 Å². The van der Waals surface area contributed by atoms with Crippen molar-refractivity contribution in [1.29, 1.82) is 0 Å². The van der Waals surface area contributed by atoms with Crippen molar-refractivity contribution >= 4 is 38.7 Å².